The van der Waals surface area contributed by atoms with Gasteiger partial charge in [-0.15, -0.1) is 12.4 Å². The van der Waals surface area contributed by atoms with E-state index in [1.165, 1.54) is 17.5 Å². The molecule has 2 fully saturated rings. The summed E-state index contributed by atoms with van der Waals surface area (Å²) in [5.74, 6) is 3.08. The molecule has 2 saturated heterocycles. The van der Waals surface area contributed by atoms with Gasteiger partial charge in [0.2, 0.25) is 5.91 Å². The third kappa shape index (κ3) is 4.68. The maximum atomic E-state index is 12.9. The summed E-state index contributed by atoms with van der Waals surface area (Å²) in [4.78, 5) is 15.1. The van der Waals surface area contributed by atoms with Gasteiger partial charge < -0.3 is 10.2 Å². The molecule has 24 heavy (non-hydrogen) atoms. The SMILES string of the molecule is Cc1ccc(C2C(C)CCCN2C(=O)CC2CSCCN2)cc1.Cl. The Hall–Kier alpha value is -0.710. The van der Waals surface area contributed by atoms with Gasteiger partial charge in [-0.25, -0.2) is 0 Å². The standard InChI is InChI=1S/C19H28N2OS.ClH/c1-14-5-7-16(8-6-14)19-15(2)4-3-10-21(19)18(22)12-17-13-23-11-9-20-17;/h5-8,15,17,19-20H,3-4,9-13H2,1-2H3;1H. The van der Waals surface area contributed by atoms with Gasteiger partial charge in [0.05, 0.1) is 6.04 Å². The van der Waals surface area contributed by atoms with E-state index in [-0.39, 0.29) is 18.4 Å². The molecule has 3 nitrogen and oxygen atoms in total. The Balaban J connectivity index is 0.00000208. The monoisotopic (exact) mass is 368 g/mol. The summed E-state index contributed by atoms with van der Waals surface area (Å²) < 4.78 is 0. The van der Waals surface area contributed by atoms with Crippen molar-refractivity contribution in [3.05, 3.63) is 35.4 Å². The fourth-order valence-electron chi connectivity index (χ4n) is 3.82. The van der Waals surface area contributed by atoms with Crippen molar-refractivity contribution in [3.8, 4) is 0 Å². The molecule has 1 amide bonds. The highest BCUT2D eigenvalue weighted by atomic mass is 35.5. The number of aryl methyl sites for hydroxylation is 1. The predicted octanol–water partition coefficient (Wildman–Crippen LogP) is 3.81. The number of likely N-dealkylation sites (tertiary alicyclic amines) is 1. The molecule has 3 unspecified atom stereocenters. The number of amides is 1. The lowest BCUT2D eigenvalue weighted by Gasteiger charge is -2.41. The number of benzene rings is 1. The van der Waals surface area contributed by atoms with E-state index in [1.807, 2.05) is 11.8 Å². The minimum absolute atomic E-state index is 0. The number of hydrogen-bond acceptors (Lipinski definition) is 3. The lowest BCUT2D eigenvalue weighted by Crippen LogP contribution is -2.46. The summed E-state index contributed by atoms with van der Waals surface area (Å²) in [6.07, 6.45) is 2.98. The summed E-state index contributed by atoms with van der Waals surface area (Å²) in [7, 11) is 0. The first kappa shape index (κ1) is 19.6. The maximum Gasteiger partial charge on any atom is 0.224 e. The molecule has 1 aromatic carbocycles. The number of rotatable bonds is 3. The van der Waals surface area contributed by atoms with E-state index >= 15 is 0 Å². The molecular formula is C19H29ClN2OS. The highest BCUT2D eigenvalue weighted by Crippen LogP contribution is 2.36. The smallest absolute Gasteiger partial charge is 0.224 e. The zero-order valence-corrected chi connectivity index (χ0v) is 16.3. The lowest BCUT2D eigenvalue weighted by molar-refractivity contribution is -0.137. The van der Waals surface area contributed by atoms with Gasteiger partial charge >= 0.3 is 0 Å². The molecule has 1 N–H and O–H groups in total. The molecule has 1 aromatic rings. The van der Waals surface area contributed by atoms with Crippen LogP contribution in [0.5, 0.6) is 0 Å². The van der Waals surface area contributed by atoms with Crippen LogP contribution >= 0.6 is 24.2 Å². The van der Waals surface area contributed by atoms with E-state index < -0.39 is 0 Å². The normalized spacial score (nSPS) is 27.4. The van der Waals surface area contributed by atoms with E-state index in [0.717, 1.165) is 31.0 Å². The molecule has 3 atom stereocenters. The Bertz CT molecular complexity index is 531. The second-order valence-electron chi connectivity index (χ2n) is 6.99. The minimum Gasteiger partial charge on any atom is -0.335 e. The topological polar surface area (TPSA) is 32.3 Å². The van der Waals surface area contributed by atoms with Crippen molar-refractivity contribution in [2.75, 3.05) is 24.6 Å². The summed E-state index contributed by atoms with van der Waals surface area (Å²) >= 11 is 1.96. The van der Waals surface area contributed by atoms with Crippen LogP contribution in [0, 0.1) is 12.8 Å². The van der Waals surface area contributed by atoms with Crippen molar-refractivity contribution < 1.29 is 4.79 Å². The Morgan fingerprint density at radius 3 is 2.75 bits per heavy atom. The number of carbonyl (C=O) groups excluding carboxylic acids is 1. The van der Waals surface area contributed by atoms with Crippen LogP contribution in [0.3, 0.4) is 0 Å². The molecule has 134 valence electrons. The number of piperidine rings is 1. The molecule has 0 aliphatic carbocycles. The number of carbonyl (C=O) groups is 1. The Kier molecular flexibility index (Phi) is 7.45. The van der Waals surface area contributed by atoms with Crippen molar-refractivity contribution in [2.45, 2.75) is 45.2 Å². The third-order valence-corrected chi connectivity index (χ3v) is 6.22. The average Bonchev–Trinajstić information content (AvgIpc) is 2.56. The van der Waals surface area contributed by atoms with Crippen LogP contribution in [0.4, 0.5) is 0 Å². The van der Waals surface area contributed by atoms with Crippen LogP contribution in [0.2, 0.25) is 0 Å². The van der Waals surface area contributed by atoms with E-state index in [4.69, 9.17) is 0 Å². The first-order valence-electron chi connectivity index (χ1n) is 8.82. The molecule has 2 heterocycles. The second kappa shape index (κ2) is 9.12. The number of nitrogens with one attached hydrogen (secondary N) is 1. The van der Waals surface area contributed by atoms with E-state index in [0.29, 0.717) is 24.3 Å². The Labute approximate surface area is 156 Å². The fourth-order valence-corrected chi connectivity index (χ4v) is 4.77. The molecule has 0 aromatic heterocycles. The van der Waals surface area contributed by atoms with Gasteiger partial charge in [0.15, 0.2) is 0 Å². The van der Waals surface area contributed by atoms with Crippen LogP contribution in [0.25, 0.3) is 0 Å². The van der Waals surface area contributed by atoms with Crippen molar-refractivity contribution >= 4 is 30.1 Å². The lowest BCUT2D eigenvalue weighted by atomic mass is 9.85. The fraction of sp³-hybridized carbons (Fsp3) is 0.632. The predicted molar refractivity (Wildman–Crippen MR) is 105 cm³/mol. The molecule has 0 spiro atoms. The summed E-state index contributed by atoms with van der Waals surface area (Å²) in [5.41, 5.74) is 2.57. The van der Waals surface area contributed by atoms with Gasteiger partial charge in [-0.05, 0) is 31.2 Å². The summed E-state index contributed by atoms with van der Waals surface area (Å²) in [6.45, 7) is 6.34. The van der Waals surface area contributed by atoms with Crippen LogP contribution < -0.4 is 5.32 Å². The van der Waals surface area contributed by atoms with E-state index in [1.54, 1.807) is 0 Å². The highest BCUT2D eigenvalue weighted by Gasteiger charge is 2.33. The molecular weight excluding hydrogens is 340 g/mol. The van der Waals surface area contributed by atoms with Crippen LogP contribution in [0.1, 0.15) is 43.4 Å². The molecule has 0 radical (unpaired) electrons. The average molecular weight is 369 g/mol. The van der Waals surface area contributed by atoms with Crippen molar-refractivity contribution in [2.24, 2.45) is 5.92 Å². The van der Waals surface area contributed by atoms with Gasteiger partial charge in [0, 0.05) is 37.1 Å². The van der Waals surface area contributed by atoms with Crippen molar-refractivity contribution in [1.82, 2.24) is 10.2 Å². The minimum atomic E-state index is 0. The Morgan fingerprint density at radius 2 is 2.08 bits per heavy atom. The van der Waals surface area contributed by atoms with Gasteiger partial charge in [-0.1, -0.05) is 36.8 Å². The number of hydrogen-bond donors (Lipinski definition) is 1. The maximum absolute atomic E-state index is 12.9. The first-order chi connectivity index (χ1) is 11.1. The summed E-state index contributed by atoms with van der Waals surface area (Å²) in [5, 5.41) is 3.49. The second-order valence-corrected chi connectivity index (χ2v) is 8.14. The van der Waals surface area contributed by atoms with Gasteiger partial charge in [0.1, 0.15) is 0 Å². The molecule has 5 heteroatoms. The van der Waals surface area contributed by atoms with Crippen molar-refractivity contribution in [3.63, 3.8) is 0 Å². The van der Waals surface area contributed by atoms with E-state index in [9.17, 15) is 4.79 Å². The van der Waals surface area contributed by atoms with Crippen LogP contribution in [-0.2, 0) is 4.79 Å². The van der Waals surface area contributed by atoms with Crippen LogP contribution in [0.15, 0.2) is 24.3 Å². The highest BCUT2D eigenvalue weighted by molar-refractivity contribution is 7.99. The molecule has 3 rings (SSSR count). The molecule has 2 aliphatic rings. The number of thioether (sulfide) groups is 1. The first-order valence-corrected chi connectivity index (χ1v) is 9.98. The number of nitrogens with zero attached hydrogens (tertiary/aromatic N) is 1. The summed E-state index contributed by atoms with van der Waals surface area (Å²) in [6, 6.07) is 9.33. The van der Waals surface area contributed by atoms with Gasteiger partial charge in [-0.3, -0.25) is 4.79 Å². The largest absolute Gasteiger partial charge is 0.335 e. The van der Waals surface area contributed by atoms with Crippen molar-refractivity contribution in [1.29, 1.82) is 0 Å². The quantitative estimate of drug-likeness (QED) is 0.880. The zero-order chi connectivity index (χ0) is 16.2. The van der Waals surface area contributed by atoms with E-state index in [2.05, 4.69) is 48.3 Å². The van der Waals surface area contributed by atoms with Crippen LogP contribution in [-0.4, -0.2) is 41.4 Å². The van der Waals surface area contributed by atoms with Gasteiger partial charge in [0.25, 0.3) is 0 Å². The molecule has 0 saturated carbocycles. The molecule has 0 bridgehead atoms. The Morgan fingerprint density at radius 1 is 1.33 bits per heavy atom. The molecule has 2 aliphatic heterocycles. The number of halogens is 1. The van der Waals surface area contributed by atoms with Gasteiger partial charge in [-0.2, -0.15) is 11.8 Å². The third-order valence-electron chi connectivity index (χ3n) is 5.09. The zero-order valence-electron chi connectivity index (χ0n) is 14.7.